The minimum absolute atomic E-state index is 0.122. The number of carbonyl (C=O) groups is 2. The number of anilines is 2. The van der Waals surface area contributed by atoms with Crippen molar-refractivity contribution in [1.82, 2.24) is 0 Å². The molecule has 1 aliphatic heterocycles. The van der Waals surface area contributed by atoms with Crippen LogP contribution < -0.4 is 14.4 Å². The van der Waals surface area contributed by atoms with Crippen molar-refractivity contribution in [2.24, 2.45) is 0 Å². The molecular weight excluding hydrogens is 468 g/mol. The summed E-state index contributed by atoms with van der Waals surface area (Å²) < 4.78 is 39.1. The van der Waals surface area contributed by atoms with E-state index in [1.807, 2.05) is 6.92 Å². The molecule has 8 nitrogen and oxygen atoms in total. The number of sulfonamides is 1. The summed E-state index contributed by atoms with van der Waals surface area (Å²) in [5, 5.41) is 2.77. The number of nitrogens with zero attached hydrogens (tertiary/aromatic N) is 1. The van der Waals surface area contributed by atoms with Crippen molar-refractivity contribution >= 4 is 33.3 Å². The molecule has 182 valence electrons. The Morgan fingerprint density at radius 3 is 2.49 bits per heavy atom. The highest BCUT2D eigenvalue weighted by molar-refractivity contribution is 7.92. The Morgan fingerprint density at radius 2 is 1.77 bits per heavy atom. The molecule has 3 aromatic rings. The zero-order valence-electron chi connectivity index (χ0n) is 19.6. The van der Waals surface area contributed by atoms with E-state index in [1.165, 1.54) is 10.4 Å². The van der Waals surface area contributed by atoms with Crippen molar-refractivity contribution in [2.45, 2.75) is 31.8 Å². The van der Waals surface area contributed by atoms with Gasteiger partial charge in [0.15, 0.2) is 6.10 Å². The monoisotopic (exact) mass is 494 g/mol. The maximum atomic E-state index is 13.5. The van der Waals surface area contributed by atoms with Gasteiger partial charge in [-0.25, -0.2) is 13.2 Å². The van der Waals surface area contributed by atoms with Crippen molar-refractivity contribution < 1.29 is 27.5 Å². The fourth-order valence-corrected chi connectivity index (χ4v) is 5.19. The van der Waals surface area contributed by atoms with Crippen LogP contribution in [-0.4, -0.2) is 39.5 Å². The fourth-order valence-electron chi connectivity index (χ4n) is 3.72. The number of nitrogens with one attached hydrogen (secondary N) is 1. The highest BCUT2D eigenvalue weighted by atomic mass is 32.2. The van der Waals surface area contributed by atoms with E-state index in [-0.39, 0.29) is 23.8 Å². The van der Waals surface area contributed by atoms with Gasteiger partial charge in [0, 0.05) is 5.69 Å². The molecule has 9 heteroatoms. The zero-order valence-corrected chi connectivity index (χ0v) is 20.5. The van der Waals surface area contributed by atoms with Gasteiger partial charge in [0.2, 0.25) is 0 Å². The van der Waals surface area contributed by atoms with E-state index < -0.39 is 28.0 Å². The van der Waals surface area contributed by atoms with Gasteiger partial charge in [-0.1, -0.05) is 35.9 Å². The third-order valence-electron chi connectivity index (χ3n) is 5.64. The lowest BCUT2D eigenvalue weighted by molar-refractivity contribution is -0.122. The summed E-state index contributed by atoms with van der Waals surface area (Å²) in [4.78, 5) is 25.4. The number of ether oxygens (including phenoxy) is 2. The molecule has 0 radical (unpaired) electrons. The Morgan fingerprint density at radius 1 is 1.06 bits per heavy atom. The molecule has 0 aromatic heterocycles. The van der Waals surface area contributed by atoms with E-state index in [0.717, 1.165) is 11.1 Å². The number of aryl methyl sites for hydroxylation is 2. The van der Waals surface area contributed by atoms with Crippen LogP contribution in [0.4, 0.5) is 11.4 Å². The summed E-state index contributed by atoms with van der Waals surface area (Å²) in [6.07, 6.45) is -1.12. The first-order valence-electron chi connectivity index (χ1n) is 11.1. The third-order valence-corrected chi connectivity index (χ3v) is 7.44. The molecular formula is C26H26N2O6S. The molecule has 4 rings (SSSR count). The van der Waals surface area contributed by atoms with Gasteiger partial charge in [-0.15, -0.1) is 0 Å². The average Bonchev–Trinajstić information content (AvgIpc) is 2.85. The third kappa shape index (κ3) is 5.00. The van der Waals surface area contributed by atoms with Gasteiger partial charge in [-0.3, -0.25) is 9.10 Å². The standard InChI is InChI=1S/C26H26N2O6S/c1-4-33-26(30)19-12-11-18(3)21(15-19)27-25(29)24-16-28(22-7-5-6-8-23(22)34-24)35(31,32)20-13-9-17(2)10-14-20/h5-15,24H,4,16H2,1-3H3,(H,27,29)/t24-/m1/s1. The molecule has 0 fully saturated rings. The quantitative estimate of drug-likeness (QED) is 0.518. The number of esters is 1. The molecule has 0 bridgehead atoms. The van der Waals surface area contributed by atoms with E-state index >= 15 is 0 Å². The van der Waals surface area contributed by atoms with Gasteiger partial charge in [0.25, 0.3) is 15.9 Å². The molecule has 1 amide bonds. The van der Waals surface area contributed by atoms with Crippen molar-refractivity contribution in [3.8, 4) is 5.75 Å². The molecule has 1 N–H and O–H groups in total. The number of para-hydroxylation sites is 2. The van der Waals surface area contributed by atoms with Gasteiger partial charge in [0.05, 0.1) is 29.3 Å². The van der Waals surface area contributed by atoms with Crippen LogP contribution in [0.1, 0.15) is 28.4 Å². The molecule has 0 aliphatic carbocycles. The second-order valence-corrected chi connectivity index (χ2v) is 10.0. The van der Waals surface area contributed by atoms with Crippen LogP contribution in [0.2, 0.25) is 0 Å². The SMILES string of the molecule is CCOC(=O)c1ccc(C)c(NC(=O)[C@H]2CN(S(=O)(=O)c3ccc(C)cc3)c3ccccc3O2)c1. The predicted octanol–water partition coefficient (Wildman–Crippen LogP) is 4.08. The minimum atomic E-state index is -3.95. The van der Waals surface area contributed by atoms with Crippen LogP contribution in [-0.2, 0) is 19.6 Å². The normalized spacial score (nSPS) is 15.1. The maximum absolute atomic E-state index is 13.5. The number of fused-ring (bicyclic) bond motifs is 1. The summed E-state index contributed by atoms with van der Waals surface area (Å²) in [5.41, 5.74) is 2.73. The van der Waals surface area contributed by atoms with Crippen LogP contribution in [0.5, 0.6) is 5.75 Å². The largest absolute Gasteiger partial charge is 0.476 e. The van der Waals surface area contributed by atoms with Crippen LogP contribution in [0, 0.1) is 13.8 Å². The zero-order chi connectivity index (χ0) is 25.2. The molecule has 1 aliphatic rings. The second kappa shape index (κ2) is 9.79. The molecule has 3 aromatic carbocycles. The van der Waals surface area contributed by atoms with Gasteiger partial charge < -0.3 is 14.8 Å². The Kier molecular flexibility index (Phi) is 6.79. The highest BCUT2D eigenvalue weighted by Crippen LogP contribution is 2.37. The first-order valence-corrected chi connectivity index (χ1v) is 12.6. The summed E-state index contributed by atoms with van der Waals surface area (Å²) in [6, 6.07) is 18.1. The second-order valence-electron chi connectivity index (χ2n) is 8.16. The van der Waals surface area contributed by atoms with E-state index in [2.05, 4.69) is 5.32 Å². The lowest BCUT2D eigenvalue weighted by Crippen LogP contribution is -2.48. The van der Waals surface area contributed by atoms with Gasteiger partial charge >= 0.3 is 5.97 Å². The number of rotatable bonds is 6. The van der Waals surface area contributed by atoms with E-state index in [9.17, 15) is 18.0 Å². The molecule has 0 unspecified atom stereocenters. The minimum Gasteiger partial charge on any atom is -0.476 e. The Labute approximate surface area is 204 Å². The first-order chi connectivity index (χ1) is 16.7. The number of hydrogen-bond donors (Lipinski definition) is 1. The Bertz CT molecular complexity index is 1370. The summed E-state index contributed by atoms with van der Waals surface area (Å²) in [7, 11) is -3.95. The smallest absolute Gasteiger partial charge is 0.338 e. The highest BCUT2D eigenvalue weighted by Gasteiger charge is 2.37. The Hall–Kier alpha value is -3.85. The first kappa shape index (κ1) is 24.3. The van der Waals surface area contributed by atoms with Crippen molar-refractivity contribution in [2.75, 3.05) is 22.8 Å². The van der Waals surface area contributed by atoms with E-state index in [1.54, 1.807) is 74.5 Å². The Balaban J connectivity index is 1.63. The van der Waals surface area contributed by atoms with Crippen molar-refractivity contribution in [1.29, 1.82) is 0 Å². The average molecular weight is 495 g/mol. The summed E-state index contributed by atoms with van der Waals surface area (Å²) >= 11 is 0. The number of carbonyl (C=O) groups excluding carboxylic acids is 2. The molecule has 1 atom stereocenters. The van der Waals surface area contributed by atoms with Crippen molar-refractivity contribution in [3.05, 3.63) is 83.4 Å². The number of hydrogen-bond acceptors (Lipinski definition) is 6. The van der Waals surface area contributed by atoms with E-state index in [0.29, 0.717) is 16.9 Å². The van der Waals surface area contributed by atoms with Crippen LogP contribution in [0.25, 0.3) is 0 Å². The van der Waals surface area contributed by atoms with Crippen LogP contribution >= 0.6 is 0 Å². The van der Waals surface area contributed by atoms with Gasteiger partial charge in [-0.2, -0.15) is 0 Å². The summed E-state index contributed by atoms with van der Waals surface area (Å²) in [5.74, 6) is -0.750. The van der Waals surface area contributed by atoms with Gasteiger partial charge in [-0.05, 0) is 62.7 Å². The summed E-state index contributed by atoms with van der Waals surface area (Å²) in [6.45, 7) is 5.39. The van der Waals surface area contributed by atoms with Gasteiger partial charge in [0.1, 0.15) is 5.75 Å². The van der Waals surface area contributed by atoms with E-state index in [4.69, 9.17) is 9.47 Å². The molecule has 0 spiro atoms. The maximum Gasteiger partial charge on any atom is 0.338 e. The lowest BCUT2D eigenvalue weighted by atomic mass is 10.1. The predicted molar refractivity (Wildman–Crippen MR) is 132 cm³/mol. The lowest BCUT2D eigenvalue weighted by Gasteiger charge is -2.34. The molecule has 1 heterocycles. The molecule has 0 saturated heterocycles. The van der Waals surface area contributed by atoms with Crippen LogP contribution in [0.15, 0.2) is 71.6 Å². The fraction of sp³-hybridized carbons (Fsp3) is 0.231. The van der Waals surface area contributed by atoms with Crippen molar-refractivity contribution in [3.63, 3.8) is 0 Å². The molecule has 35 heavy (non-hydrogen) atoms. The topological polar surface area (TPSA) is 102 Å². The number of amides is 1. The molecule has 0 saturated carbocycles. The van der Waals surface area contributed by atoms with Crippen LogP contribution in [0.3, 0.4) is 0 Å². The number of benzene rings is 3.